The molecule has 3 rings (SSSR count). The maximum Gasteiger partial charge on any atom is 0.0818 e. The number of hydrogen-bond acceptors (Lipinski definition) is 12. The van der Waals surface area contributed by atoms with Crippen molar-refractivity contribution in [3.8, 4) is 45.4 Å². The molecule has 0 radical (unpaired) electrons. The van der Waals surface area contributed by atoms with E-state index in [1.165, 1.54) is 0 Å². The third-order valence-corrected chi connectivity index (χ3v) is 7.19. The molecule has 0 aliphatic heterocycles. The quantitative estimate of drug-likeness (QED) is 0.0782. The minimum Gasteiger partial charge on any atom is -0.396 e. The van der Waals surface area contributed by atoms with Gasteiger partial charge in [0.15, 0.2) is 0 Å². The predicted octanol–water partition coefficient (Wildman–Crippen LogP) is 1.85. The third kappa shape index (κ3) is 5.97. The summed E-state index contributed by atoms with van der Waals surface area (Å²) in [5.41, 5.74) is 72.0. The molecule has 0 fully saturated rings. The zero-order valence-corrected chi connectivity index (χ0v) is 27.3. The fourth-order valence-corrected chi connectivity index (χ4v) is 4.56. The number of nitrogens with one attached hydrogen (secondary N) is 1. The number of hydrogen-bond donors (Lipinski definition) is 12. The van der Waals surface area contributed by atoms with Crippen molar-refractivity contribution in [2.75, 3.05) is 79.4 Å². The summed E-state index contributed by atoms with van der Waals surface area (Å²) < 4.78 is 3.50. The second-order valence-electron chi connectivity index (χ2n) is 8.89. The number of anilines is 12. The summed E-state index contributed by atoms with van der Waals surface area (Å²) in [6, 6.07) is 0. The smallest absolute Gasteiger partial charge is 0.0818 e. The van der Waals surface area contributed by atoms with Gasteiger partial charge >= 0.3 is 0 Å². The molecule has 0 aromatic heterocycles. The van der Waals surface area contributed by atoms with Crippen LogP contribution in [0.3, 0.4) is 0 Å². The molecular formula is C29H30I2N12. The Bertz CT molecular complexity index is 1920. The van der Waals surface area contributed by atoms with Crippen LogP contribution in [0.5, 0.6) is 0 Å². The summed E-state index contributed by atoms with van der Waals surface area (Å²) in [4.78, 5) is 0. The van der Waals surface area contributed by atoms with Crippen LogP contribution in [-0.2, 0) is 0 Å². The number of nitrogens with two attached hydrogens (primary N) is 11. The Balaban J connectivity index is 2.49. The highest BCUT2D eigenvalue weighted by molar-refractivity contribution is 14.1. The maximum absolute atomic E-state index is 6.47. The molecule has 0 heterocycles. The Morgan fingerprint density at radius 3 is 1.16 bits per heavy atom. The third-order valence-electron chi connectivity index (χ3n) is 6.38. The molecule has 3 aromatic rings. The highest BCUT2D eigenvalue weighted by Crippen LogP contribution is 2.40. The largest absolute Gasteiger partial charge is 0.396 e. The molecule has 0 aliphatic rings. The molecule has 0 unspecified atom stereocenters. The molecular weight excluding hydrogens is 770 g/mol. The van der Waals surface area contributed by atoms with Gasteiger partial charge in [-0.1, -0.05) is 58.1 Å². The van der Waals surface area contributed by atoms with Gasteiger partial charge < -0.3 is 68.4 Å². The summed E-state index contributed by atoms with van der Waals surface area (Å²) in [5, 5.41) is 3.26. The minimum atomic E-state index is 0.0792. The van der Waals surface area contributed by atoms with E-state index in [0.29, 0.717) is 28.9 Å². The summed E-state index contributed by atoms with van der Waals surface area (Å²) in [5.74, 6) is 20.7. The van der Waals surface area contributed by atoms with E-state index in [0.717, 1.165) is 4.43 Å². The highest BCUT2D eigenvalue weighted by Gasteiger charge is 2.21. The Morgan fingerprint density at radius 2 is 0.791 bits per heavy atom. The van der Waals surface area contributed by atoms with Gasteiger partial charge in [-0.25, -0.2) is 0 Å². The van der Waals surface area contributed by atoms with E-state index in [2.05, 4.69) is 73.3 Å². The van der Waals surface area contributed by atoms with Gasteiger partial charge in [0.1, 0.15) is 0 Å². The average Bonchev–Trinajstić information content (AvgIpc) is 2.99. The van der Waals surface area contributed by atoms with Crippen molar-refractivity contribution in [1.29, 1.82) is 0 Å². The normalized spacial score (nSPS) is 9.74. The standard InChI is InChI=1S/C29H30I2N12/c1-2-3-12-13(19(33)24(38)23(37)18(12)32)4-5-15-17(29(43-11-10-31)28(42)27(41)21(15)35)7-6-14-16(8-9-30)22(36)26(40)25(39)20(14)34/h43H,10-11,32-42H2,1H3. The highest BCUT2D eigenvalue weighted by atomic mass is 127. The fraction of sp³-hybridized carbons (Fsp3) is 0.103. The summed E-state index contributed by atoms with van der Waals surface area (Å²) in [6.45, 7) is 2.16. The molecule has 43 heavy (non-hydrogen) atoms. The van der Waals surface area contributed by atoms with Crippen molar-refractivity contribution < 1.29 is 0 Å². The van der Waals surface area contributed by atoms with Crippen LogP contribution in [0.15, 0.2) is 0 Å². The minimum absolute atomic E-state index is 0.0792. The number of halogens is 2. The van der Waals surface area contributed by atoms with Crippen LogP contribution in [0.25, 0.3) is 0 Å². The molecule has 14 heteroatoms. The SMILES string of the molecule is CC#Cc1c(N)c(N)c(N)c(N)c1C#Cc1c(N)c(N)c(N)c(NCCI)c1C#Cc1c(N)c(N)c(N)c(N)c1C#CI. The zero-order chi connectivity index (χ0) is 32.2. The lowest BCUT2D eigenvalue weighted by Crippen LogP contribution is -2.13. The van der Waals surface area contributed by atoms with Crippen LogP contribution in [0.4, 0.5) is 68.2 Å². The van der Waals surface area contributed by atoms with Crippen LogP contribution in [-0.4, -0.2) is 11.0 Å². The topological polar surface area (TPSA) is 298 Å². The molecule has 0 spiro atoms. The second kappa shape index (κ2) is 13.3. The van der Waals surface area contributed by atoms with Gasteiger partial charge in [-0.15, -0.1) is 5.92 Å². The van der Waals surface area contributed by atoms with Crippen molar-refractivity contribution in [2.45, 2.75) is 6.92 Å². The van der Waals surface area contributed by atoms with Gasteiger partial charge in [-0.2, -0.15) is 0 Å². The first kappa shape index (κ1) is 32.5. The van der Waals surface area contributed by atoms with E-state index >= 15 is 0 Å². The van der Waals surface area contributed by atoms with Gasteiger partial charge in [-0.05, 0) is 10.9 Å². The summed E-state index contributed by atoms with van der Waals surface area (Å²) >= 11 is 4.08. The molecule has 220 valence electrons. The molecule has 0 amide bonds. The lowest BCUT2D eigenvalue weighted by atomic mass is 9.96. The Labute approximate surface area is 276 Å². The number of nitrogen functional groups attached to an aromatic ring is 11. The lowest BCUT2D eigenvalue weighted by molar-refractivity contribution is 1.25. The molecule has 0 aliphatic carbocycles. The molecule has 0 bridgehead atoms. The average molecular weight is 800 g/mol. The van der Waals surface area contributed by atoms with E-state index in [4.69, 9.17) is 63.1 Å². The maximum atomic E-state index is 6.47. The molecule has 23 N–H and O–H groups in total. The van der Waals surface area contributed by atoms with Gasteiger partial charge in [0.05, 0.1) is 102 Å². The second-order valence-corrected chi connectivity index (χ2v) is 10.5. The van der Waals surface area contributed by atoms with Gasteiger partial charge in [0.2, 0.25) is 0 Å². The number of benzene rings is 3. The lowest BCUT2D eigenvalue weighted by Gasteiger charge is -2.18. The monoisotopic (exact) mass is 800 g/mol. The number of rotatable bonds is 3. The van der Waals surface area contributed by atoms with Gasteiger partial charge in [-0.3, -0.25) is 0 Å². The summed E-state index contributed by atoms with van der Waals surface area (Å²) in [7, 11) is 0. The fourth-order valence-electron chi connectivity index (χ4n) is 4.02. The van der Waals surface area contributed by atoms with E-state index in [1.54, 1.807) is 6.92 Å². The van der Waals surface area contributed by atoms with Crippen LogP contribution in [0.2, 0.25) is 0 Å². The summed E-state index contributed by atoms with van der Waals surface area (Å²) in [6.07, 6.45) is 0. The van der Waals surface area contributed by atoms with Crippen molar-refractivity contribution in [3.05, 3.63) is 33.4 Å². The first-order valence-electron chi connectivity index (χ1n) is 12.2. The van der Waals surface area contributed by atoms with Crippen LogP contribution >= 0.6 is 45.2 Å². The molecule has 0 saturated carbocycles. The van der Waals surface area contributed by atoms with Crippen molar-refractivity contribution in [2.24, 2.45) is 0 Å². The Morgan fingerprint density at radius 1 is 0.465 bits per heavy atom. The molecule has 0 atom stereocenters. The molecule has 3 aromatic carbocycles. The van der Waals surface area contributed by atoms with Gasteiger partial charge in [0, 0.05) is 33.6 Å². The van der Waals surface area contributed by atoms with Gasteiger partial charge in [0.25, 0.3) is 0 Å². The van der Waals surface area contributed by atoms with Crippen molar-refractivity contribution >= 4 is 113 Å². The van der Waals surface area contributed by atoms with E-state index in [-0.39, 0.29) is 79.3 Å². The Hall–Kier alpha value is -5.04. The van der Waals surface area contributed by atoms with E-state index in [9.17, 15) is 0 Å². The van der Waals surface area contributed by atoms with E-state index in [1.807, 2.05) is 22.6 Å². The first-order valence-corrected chi connectivity index (χ1v) is 14.8. The first-order chi connectivity index (χ1) is 20.3. The van der Waals surface area contributed by atoms with Crippen molar-refractivity contribution in [1.82, 2.24) is 0 Å². The van der Waals surface area contributed by atoms with Crippen LogP contribution in [0, 0.1) is 45.4 Å². The zero-order valence-electron chi connectivity index (χ0n) is 23.0. The Kier molecular flexibility index (Phi) is 10.0. The van der Waals surface area contributed by atoms with E-state index < -0.39 is 0 Å². The molecule has 0 saturated heterocycles. The predicted molar refractivity (Wildman–Crippen MR) is 201 cm³/mol. The number of alkyl halides is 1. The van der Waals surface area contributed by atoms with Crippen LogP contribution in [0.1, 0.15) is 40.3 Å². The van der Waals surface area contributed by atoms with Crippen LogP contribution < -0.4 is 68.4 Å². The van der Waals surface area contributed by atoms with Crippen molar-refractivity contribution in [3.63, 3.8) is 0 Å². The molecule has 12 nitrogen and oxygen atoms in total.